The number of hydrogen-bond acceptors (Lipinski definition) is 6. The first-order chi connectivity index (χ1) is 6.00. The molecule has 0 aromatic carbocycles. The monoisotopic (exact) mass is 200 g/mol. The normalized spacial score (nSPS) is 9.69. The highest BCUT2D eigenvalue weighted by atomic mass is 32.1. The van der Waals surface area contributed by atoms with Crippen molar-refractivity contribution in [1.29, 1.82) is 0 Å². The number of ether oxygens (including phenoxy) is 1. The van der Waals surface area contributed by atoms with Crippen molar-refractivity contribution in [3.63, 3.8) is 0 Å². The van der Waals surface area contributed by atoms with Gasteiger partial charge in [0.15, 0.2) is 5.13 Å². The van der Waals surface area contributed by atoms with Crippen LogP contribution in [0.4, 0.5) is 5.13 Å². The summed E-state index contributed by atoms with van der Waals surface area (Å²) in [5.41, 5.74) is 5.84. The van der Waals surface area contributed by atoms with Crippen molar-refractivity contribution < 1.29 is 14.3 Å². The average molecular weight is 200 g/mol. The van der Waals surface area contributed by atoms with Crippen LogP contribution in [0.5, 0.6) is 0 Å². The lowest BCUT2D eigenvalue weighted by atomic mass is 10.4. The Morgan fingerprint density at radius 2 is 2.15 bits per heavy atom. The van der Waals surface area contributed by atoms with Crippen LogP contribution in [0.2, 0.25) is 0 Å². The van der Waals surface area contributed by atoms with E-state index in [4.69, 9.17) is 5.73 Å². The molecule has 5 nitrogen and oxygen atoms in total. The van der Waals surface area contributed by atoms with Gasteiger partial charge in [-0.15, -0.1) is 0 Å². The van der Waals surface area contributed by atoms with E-state index in [0.717, 1.165) is 18.3 Å². The van der Waals surface area contributed by atoms with Gasteiger partial charge in [0.1, 0.15) is 4.88 Å². The zero-order chi connectivity index (χ0) is 10.0. The van der Waals surface area contributed by atoms with Crippen molar-refractivity contribution in [2.75, 3.05) is 5.73 Å². The van der Waals surface area contributed by atoms with Crippen LogP contribution < -0.4 is 5.73 Å². The first-order valence-corrected chi connectivity index (χ1v) is 4.28. The molecule has 0 unspecified atom stereocenters. The molecule has 1 aromatic heterocycles. The fraction of sp³-hybridized carbons (Fsp3) is 0.286. The Bertz CT molecular complexity index is 359. The summed E-state index contributed by atoms with van der Waals surface area (Å²) in [4.78, 5) is 25.7. The highest BCUT2D eigenvalue weighted by Crippen LogP contribution is 2.20. The van der Waals surface area contributed by atoms with Gasteiger partial charge in [0.05, 0.1) is 5.69 Å². The van der Waals surface area contributed by atoms with Gasteiger partial charge in [-0.3, -0.25) is 4.79 Å². The number of nitrogen functional groups attached to an aromatic ring is 1. The molecule has 0 aliphatic heterocycles. The Balaban J connectivity index is 2.88. The van der Waals surface area contributed by atoms with E-state index in [0.29, 0.717) is 5.69 Å². The maximum atomic E-state index is 11.2. The van der Waals surface area contributed by atoms with Gasteiger partial charge in [-0.05, 0) is 6.92 Å². The van der Waals surface area contributed by atoms with Gasteiger partial charge in [0, 0.05) is 6.92 Å². The van der Waals surface area contributed by atoms with Gasteiger partial charge in [-0.2, -0.15) is 0 Å². The topological polar surface area (TPSA) is 82.3 Å². The maximum Gasteiger partial charge on any atom is 0.357 e. The van der Waals surface area contributed by atoms with Gasteiger partial charge in [0.25, 0.3) is 0 Å². The fourth-order valence-corrected chi connectivity index (χ4v) is 1.49. The van der Waals surface area contributed by atoms with Crippen LogP contribution >= 0.6 is 11.3 Å². The third kappa shape index (κ3) is 2.25. The van der Waals surface area contributed by atoms with E-state index in [-0.39, 0.29) is 10.0 Å². The summed E-state index contributed by atoms with van der Waals surface area (Å²) in [7, 11) is 0. The molecular weight excluding hydrogens is 192 g/mol. The molecule has 0 radical (unpaired) electrons. The predicted octanol–water partition coefficient (Wildman–Crippen LogP) is 0.737. The van der Waals surface area contributed by atoms with E-state index >= 15 is 0 Å². The minimum absolute atomic E-state index is 0.271. The van der Waals surface area contributed by atoms with Crippen LogP contribution in [0.3, 0.4) is 0 Å². The molecule has 6 heteroatoms. The quantitative estimate of drug-likeness (QED) is 0.534. The number of hydrogen-bond donors (Lipinski definition) is 1. The lowest BCUT2D eigenvalue weighted by Crippen LogP contribution is -2.08. The van der Waals surface area contributed by atoms with Crippen molar-refractivity contribution in [3.8, 4) is 0 Å². The fourth-order valence-electron chi connectivity index (χ4n) is 0.784. The molecule has 1 heterocycles. The van der Waals surface area contributed by atoms with Gasteiger partial charge in [0.2, 0.25) is 0 Å². The Morgan fingerprint density at radius 3 is 2.54 bits per heavy atom. The van der Waals surface area contributed by atoms with E-state index in [2.05, 4.69) is 9.72 Å². The number of anilines is 1. The Morgan fingerprint density at radius 1 is 1.54 bits per heavy atom. The van der Waals surface area contributed by atoms with E-state index < -0.39 is 11.9 Å². The number of rotatable bonds is 1. The molecule has 0 aliphatic carbocycles. The standard InChI is InChI=1S/C7H8N2O3S/c1-3-5(13-7(8)9-3)6(11)12-4(2)10/h1-2H3,(H2,8,9). The SMILES string of the molecule is CC(=O)OC(=O)c1sc(N)nc1C. The largest absolute Gasteiger partial charge is 0.389 e. The Hall–Kier alpha value is -1.43. The van der Waals surface area contributed by atoms with Crippen LogP contribution in [-0.2, 0) is 9.53 Å². The van der Waals surface area contributed by atoms with E-state index in [1.165, 1.54) is 0 Å². The van der Waals surface area contributed by atoms with Crippen molar-refractivity contribution in [2.24, 2.45) is 0 Å². The number of nitrogens with zero attached hydrogens (tertiary/aromatic N) is 1. The molecule has 0 saturated carbocycles. The molecule has 0 bridgehead atoms. The van der Waals surface area contributed by atoms with Gasteiger partial charge in [-0.25, -0.2) is 9.78 Å². The number of esters is 2. The van der Waals surface area contributed by atoms with Crippen molar-refractivity contribution in [2.45, 2.75) is 13.8 Å². The van der Waals surface area contributed by atoms with Gasteiger partial charge < -0.3 is 10.5 Å². The lowest BCUT2D eigenvalue weighted by molar-refractivity contribution is -0.135. The third-order valence-electron chi connectivity index (χ3n) is 1.23. The maximum absolute atomic E-state index is 11.2. The highest BCUT2D eigenvalue weighted by molar-refractivity contribution is 7.17. The molecule has 0 amide bonds. The predicted molar refractivity (Wildman–Crippen MR) is 47.4 cm³/mol. The lowest BCUT2D eigenvalue weighted by Gasteiger charge is -1.95. The number of thiazole rings is 1. The molecule has 70 valence electrons. The Kier molecular flexibility index (Phi) is 2.62. The molecule has 0 atom stereocenters. The highest BCUT2D eigenvalue weighted by Gasteiger charge is 2.16. The zero-order valence-corrected chi connectivity index (χ0v) is 7.97. The first kappa shape index (κ1) is 9.66. The molecule has 1 rings (SSSR count). The average Bonchev–Trinajstić information content (AvgIpc) is 2.28. The number of aromatic nitrogens is 1. The summed E-state index contributed by atoms with van der Waals surface area (Å²) in [5.74, 6) is -1.34. The number of nitrogens with two attached hydrogens (primary N) is 1. The third-order valence-corrected chi connectivity index (χ3v) is 2.20. The molecule has 2 N–H and O–H groups in total. The molecule has 0 saturated heterocycles. The second-order valence-electron chi connectivity index (χ2n) is 2.35. The smallest absolute Gasteiger partial charge is 0.357 e. The van der Waals surface area contributed by atoms with Crippen LogP contribution in [0.1, 0.15) is 22.3 Å². The number of carbonyl (C=O) groups is 2. The van der Waals surface area contributed by atoms with E-state index in [1.54, 1.807) is 6.92 Å². The summed E-state index contributed by atoms with van der Waals surface area (Å²) >= 11 is 1.00. The number of aryl methyl sites for hydroxylation is 1. The summed E-state index contributed by atoms with van der Waals surface area (Å²) in [6, 6.07) is 0. The summed E-state index contributed by atoms with van der Waals surface area (Å²) < 4.78 is 4.37. The molecule has 0 fully saturated rings. The second-order valence-corrected chi connectivity index (χ2v) is 3.38. The minimum Gasteiger partial charge on any atom is -0.389 e. The van der Waals surface area contributed by atoms with Crippen molar-refractivity contribution in [1.82, 2.24) is 4.98 Å². The Labute approximate surface area is 78.5 Å². The van der Waals surface area contributed by atoms with Crippen molar-refractivity contribution >= 4 is 28.4 Å². The van der Waals surface area contributed by atoms with Crippen LogP contribution in [0, 0.1) is 6.92 Å². The molecule has 0 aliphatic rings. The second kappa shape index (κ2) is 3.53. The zero-order valence-electron chi connectivity index (χ0n) is 7.16. The van der Waals surface area contributed by atoms with E-state index in [1.807, 2.05) is 0 Å². The van der Waals surface area contributed by atoms with Crippen molar-refractivity contribution in [3.05, 3.63) is 10.6 Å². The van der Waals surface area contributed by atoms with E-state index in [9.17, 15) is 9.59 Å². The summed E-state index contributed by atoms with van der Waals surface area (Å²) in [6.45, 7) is 2.79. The molecule has 1 aromatic rings. The summed E-state index contributed by atoms with van der Waals surface area (Å²) in [5, 5.41) is 0.285. The molecule has 0 spiro atoms. The number of carbonyl (C=O) groups excluding carboxylic acids is 2. The van der Waals surface area contributed by atoms with Crippen LogP contribution in [-0.4, -0.2) is 16.9 Å². The van der Waals surface area contributed by atoms with Crippen LogP contribution in [0.15, 0.2) is 0 Å². The molecule has 13 heavy (non-hydrogen) atoms. The minimum atomic E-state index is -0.695. The van der Waals surface area contributed by atoms with Crippen LogP contribution in [0.25, 0.3) is 0 Å². The van der Waals surface area contributed by atoms with Gasteiger partial charge >= 0.3 is 11.9 Å². The molecular formula is C7H8N2O3S. The van der Waals surface area contributed by atoms with Gasteiger partial charge in [-0.1, -0.05) is 11.3 Å². The first-order valence-electron chi connectivity index (χ1n) is 3.46. The summed E-state index contributed by atoms with van der Waals surface area (Å²) in [6.07, 6.45) is 0.